The van der Waals surface area contributed by atoms with Crippen molar-refractivity contribution in [1.29, 1.82) is 0 Å². The molecule has 0 saturated carbocycles. The minimum atomic E-state index is -1.40. The fraction of sp³-hybridized carbons (Fsp3) is 0.691. The number of H-pyrrole nitrogens is 2. The molecule has 466 valence electrons. The van der Waals surface area contributed by atoms with Crippen LogP contribution in [0.1, 0.15) is 139 Å². The molecule has 0 saturated heterocycles. The number of aliphatic carboxylic acids is 1. The Bertz CT molecular complexity index is 2430. The Morgan fingerprint density at radius 2 is 0.952 bits per heavy atom. The summed E-state index contributed by atoms with van der Waals surface area (Å²) >= 11 is 0. The van der Waals surface area contributed by atoms with Crippen LogP contribution in [-0.4, -0.2) is 158 Å². The first-order chi connectivity index (χ1) is 39.0. The summed E-state index contributed by atoms with van der Waals surface area (Å²) in [5.74, 6) is -9.86. The topological polar surface area (TPSA) is 447 Å². The van der Waals surface area contributed by atoms with E-state index in [1.165, 1.54) is 25.0 Å². The lowest BCUT2D eigenvalue weighted by molar-refractivity contribution is -0.143. The molecule has 2 aromatic rings. The number of imidazole rings is 2. The number of carbonyl (C=O) groups is 10. The Morgan fingerprint density at radius 3 is 1.41 bits per heavy atom. The summed E-state index contributed by atoms with van der Waals surface area (Å²) in [7, 11) is 0. The number of aromatic nitrogens is 4. The maximum absolute atomic E-state index is 14.4. The van der Waals surface area contributed by atoms with Crippen molar-refractivity contribution in [3.05, 3.63) is 36.4 Å². The van der Waals surface area contributed by atoms with Gasteiger partial charge in [-0.3, -0.25) is 48.1 Å². The van der Waals surface area contributed by atoms with Crippen molar-refractivity contribution in [3.8, 4) is 0 Å². The largest absolute Gasteiger partial charge is 0.480 e. The molecular formula is C55H95N17O11. The summed E-state index contributed by atoms with van der Waals surface area (Å²) in [4.78, 5) is 155. The van der Waals surface area contributed by atoms with Crippen LogP contribution in [-0.2, 0) is 60.8 Å². The number of aromatic amines is 2. The highest BCUT2D eigenvalue weighted by atomic mass is 16.4. The summed E-state index contributed by atoms with van der Waals surface area (Å²) in [6, 6.07) is -10.9. The van der Waals surface area contributed by atoms with Crippen LogP contribution in [0.25, 0.3) is 0 Å². The molecule has 28 heteroatoms. The van der Waals surface area contributed by atoms with Gasteiger partial charge in [0.25, 0.3) is 0 Å². The number of nitrogens with one attached hydrogen (secondary N) is 11. The molecule has 0 spiro atoms. The number of guanidine groups is 1. The van der Waals surface area contributed by atoms with Crippen LogP contribution in [0, 0.1) is 35.5 Å². The molecule has 0 bridgehead atoms. The Morgan fingerprint density at radius 1 is 0.530 bits per heavy atom. The van der Waals surface area contributed by atoms with Crippen LogP contribution in [0.5, 0.6) is 0 Å². The van der Waals surface area contributed by atoms with Crippen LogP contribution in [0.3, 0.4) is 0 Å². The summed E-state index contributed by atoms with van der Waals surface area (Å²) < 4.78 is 0. The molecule has 18 N–H and O–H groups in total. The first-order valence-electron chi connectivity index (χ1n) is 28.7. The highest BCUT2D eigenvalue weighted by Crippen LogP contribution is 2.15. The second-order valence-corrected chi connectivity index (χ2v) is 22.6. The number of nitrogens with two attached hydrogens (primary N) is 3. The van der Waals surface area contributed by atoms with Gasteiger partial charge in [-0.2, -0.15) is 0 Å². The number of nitrogens with zero attached hydrogens (tertiary/aromatic N) is 3. The lowest BCUT2D eigenvalue weighted by atomic mass is 9.95. The molecule has 0 aliphatic heterocycles. The monoisotopic (exact) mass is 1170 g/mol. The molecule has 0 unspecified atom stereocenters. The van der Waals surface area contributed by atoms with E-state index in [4.69, 9.17) is 17.2 Å². The second-order valence-electron chi connectivity index (χ2n) is 22.6. The molecule has 28 nitrogen and oxygen atoms in total. The molecule has 2 rings (SSSR count). The quantitative estimate of drug-likeness (QED) is 0.0224. The first-order valence-corrected chi connectivity index (χ1v) is 28.7. The van der Waals surface area contributed by atoms with Gasteiger partial charge in [-0.25, -0.2) is 14.8 Å². The zero-order chi connectivity index (χ0) is 62.7. The molecule has 0 aliphatic rings. The van der Waals surface area contributed by atoms with E-state index < -0.39 is 138 Å². The van der Waals surface area contributed by atoms with Gasteiger partial charge in [0.15, 0.2) is 5.96 Å². The highest BCUT2D eigenvalue weighted by molar-refractivity contribution is 5.98. The van der Waals surface area contributed by atoms with Crippen molar-refractivity contribution in [2.24, 2.45) is 57.7 Å². The third-order valence-electron chi connectivity index (χ3n) is 14.3. The van der Waals surface area contributed by atoms with E-state index in [2.05, 4.69) is 72.8 Å². The van der Waals surface area contributed by atoms with Crippen molar-refractivity contribution >= 4 is 65.1 Å². The first kappa shape index (κ1) is 71.5. The Balaban J connectivity index is 2.40. The average Bonchev–Trinajstić information content (AvgIpc) is 4.20. The average molecular weight is 1170 g/mol. The lowest BCUT2D eigenvalue weighted by Crippen LogP contribution is -2.61. The Hall–Kier alpha value is -7.65. The van der Waals surface area contributed by atoms with E-state index in [0.29, 0.717) is 30.7 Å². The summed E-state index contributed by atoms with van der Waals surface area (Å²) in [5.41, 5.74) is 18.1. The molecule has 0 aromatic carbocycles. The summed E-state index contributed by atoms with van der Waals surface area (Å²) in [6.45, 7) is 20.9. The van der Waals surface area contributed by atoms with Gasteiger partial charge < -0.3 is 80.1 Å². The molecule has 83 heavy (non-hydrogen) atoms. The van der Waals surface area contributed by atoms with E-state index in [0.717, 1.165) is 0 Å². The van der Waals surface area contributed by atoms with Gasteiger partial charge in [0.05, 0.1) is 25.2 Å². The molecule has 0 aliphatic carbocycles. The molecule has 0 fully saturated rings. The van der Waals surface area contributed by atoms with Crippen LogP contribution in [0.4, 0.5) is 0 Å². The molecule has 0 radical (unpaired) electrons. The Labute approximate surface area is 487 Å². The zero-order valence-electron chi connectivity index (χ0n) is 50.4. The van der Waals surface area contributed by atoms with Gasteiger partial charge in [0.2, 0.25) is 53.2 Å². The molecule has 2 aromatic heterocycles. The number of carboxylic acids is 1. The smallest absolute Gasteiger partial charge is 0.326 e. The van der Waals surface area contributed by atoms with Gasteiger partial charge in [-0.15, -0.1) is 0 Å². The van der Waals surface area contributed by atoms with E-state index in [1.54, 1.807) is 48.5 Å². The number of carbonyl (C=O) groups excluding carboxylic acids is 9. The number of rotatable bonds is 38. The number of amides is 9. The summed E-state index contributed by atoms with van der Waals surface area (Å²) in [5, 5.41) is 33.9. The molecular weight excluding hydrogens is 1070 g/mol. The summed E-state index contributed by atoms with van der Waals surface area (Å²) in [6.07, 6.45) is 7.27. The minimum absolute atomic E-state index is 0.0158. The maximum atomic E-state index is 14.4. The number of aliphatic imine (C=N–C) groups is 1. The third-order valence-corrected chi connectivity index (χ3v) is 14.3. The van der Waals surface area contributed by atoms with Gasteiger partial charge in [-0.05, 0) is 61.2 Å². The van der Waals surface area contributed by atoms with Crippen molar-refractivity contribution in [1.82, 2.24) is 67.8 Å². The normalized spacial score (nSPS) is 15.7. The maximum Gasteiger partial charge on any atom is 0.326 e. The van der Waals surface area contributed by atoms with Gasteiger partial charge >= 0.3 is 5.97 Å². The van der Waals surface area contributed by atoms with Crippen molar-refractivity contribution in [2.75, 3.05) is 13.1 Å². The zero-order valence-corrected chi connectivity index (χ0v) is 50.4. The third kappa shape index (κ3) is 25.2. The fourth-order valence-electron chi connectivity index (χ4n) is 8.62. The minimum Gasteiger partial charge on any atom is -0.480 e. The van der Waals surface area contributed by atoms with Crippen molar-refractivity contribution in [2.45, 2.75) is 195 Å². The van der Waals surface area contributed by atoms with Gasteiger partial charge in [0, 0.05) is 43.2 Å². The number of hydrogen-bond donors (Lipinski definition) is 15. The number of hydrogen-bond acceptors (Lipinski definition) is 14. The van der Waals surface area contributed by atoms with Crippen LogP contribution >= 0.6 is 0 Å². The SMILES string of the molecule is CC[C@H](C)[C@H](N)C(=O)N[C@@H](CC(C)C)C(=O)N[C@H](C(=O)N[C@@H](CCCN=C(N)N)C(=O)NCC(=O)N[C@H](C(=O)N[C@@H](Cc1cnc[nH]1)C(=O)N[C@@H](Cc1cnc[nH]1)C(=O)N[C@H](C(=O)N[C@@H](CC(C)C)C(=O)O)C(C)C)[C@@H](C)CC)[C@@H](C)CC. The van der Waals surface area contributed by atoms with E-state index >= 15 is 0 Å². The predicted molar refractivity (Wildman–Crippen MR) is 311 cm³/mol. The van der Waals surface area contributed by atoms with Gasteiger partial charge in [0.1, 0.15) is 48.3 Å². The molecule has 12 atom stereocenters. The van der Waals surface area contributed by atoms with Gasteiger partial charge in [-0.1, -0.05) is 102 Å². The van der Waals surface area contributed by atoms with E-state index in [-0.39, 0.29) is 68.8 Å². The van der Waals surface area contributed by atoms with E-state index in [1.807, 2.05) is 34.6 Å². The Kier molecular flexibility index (Phi) is 31.0. The fourth-order valence-corrected chi connectivity index (χ4v) is 8.62. The number of carboxylic acid groups (broad SMARTS) is 1. The van der Waals surface area contributed by atoms with Crippen LogP contribution < -0.4 is 65.1 Å². The molecule has 2 heterocycles. The van der Waals surface area contributed by atoms with Crippen LogP contribution in [0.2, 0.25) is 0 Å². The predicted octanol–water partition coefficient (Wildman–Crippen LogP) is -0.735. The second kappa shape index (κ2) is 36.0. The van der Waals surface area contributed by atoms with E-state index in [9.17, 15) is 53.1 Å². The molecule has 9 amide bonds. The van der Waals surface area contributed by atoms with Crippen LogP contribution in [0.15, 0.2) is 30.0 Å². The van der Waals surface area contributed by atoms with Crippen molar-refractivity contribution in [3.63, 3.8) is 0 Å². The lowest BCUT2D eigenvalue weighted by Gasteiger charge is -2.29. The highest BCUT2D eigenvalue weighted by Gasteiger charge is 2.37. The standard InChI is InChI=1S/C55H95N17O11/c1-13-31(10)42(56)50(78)67-37(19-28(4)5)48(76)72-45(33(12)15-3)53(81)65-36(17-16-18-61-55(57)58)46(74)62-25-41(73)70-44(32(11)14-2)52(80)68-38(21-34-23-59-26-63-34)47(75)66-39(22-35-24-60-27-64-35)49(77)71-43(30(8)9)51(79)69-40(54(82)83)20-29(6)7/h23-24,26-33,36-40,42-45H,13-22,25,56H2,1-12H3,(H,59,63)(H,60,64)(H,62,74)(H,65,81)(H,66,75)(H,67,78)(H,68,80)(H,69,79)(H,70,73)(H,71,77)(H,72,76)(H,82,83)(H4,57,58,61)/t31-,32-,33-,36-,37-,38-,39-,40-,42-,43-,44-,45-/m0/s1. The van der Waals surface area contributed by atoms with Crippen molar-refractivity contribution < 1.29 is 53.1 Å².